The Hall–Kier alpha value is -3.98. The molecule has 202 valence electrons. The number of hydrogen-bond acceptors (Lipinski definition) is 15. The van der Waals surface area contributed by atoms with Crippen LogP contribution in [0.2, 0.25) is 0 Å². The molecule has 1 spiro atoms. The Kier molecular flexibility index (Phi) is 5.94. The van der Waals surface area contributed by atoms with Crippen LogP contribution in [0.5, 0.6) is 0 Å². The van der Waals surface area contributed by atoms with Gasteiger partial charge >= 0.3 is 25.3 Å². The number of aromatic nitrogens is 4. The molecule has 22 heteroatoms. The number of nitro groups is 3. The fourth-order valence-electron chi connectivity index (χ4n) is 4.46. The van der Waals surface area contributed by atoms with Crippen LogP contribution in [-0.2, 0) is 23.3 Å². The van der Waals surface area contributed by atoms with E-state index >= 15 is 0 Å². The second-order valence-corrected chi connectivity index (χ2v) is 9.37. The fraction of sp³-hybridized carbons (Fsp3) is 0.438. The Morgan fingerprint density at radius 1 is 1.13 bits per heavy atom. The number of nitrogen functional groups attached to an aromatic ring is 1. The lowest BCUT2D eigenvalue weighted by Gasteiger charge is -2.30. The van der Waals surface area contributed by atoms with Gasteiger partial charge in [0.2, 0.25) is 0 Å². The zero-order valence-electron chi connectivity index (χ0n) is 18.4. The van der Waals surface area contributed by atoms with Gasteiger partial charge in [0.1, 0.15) is 30.2 Å². The number of phosphoric acid groups is 1. The van der Waals surface area contributed by atoms with Crippen molar-refractivity contribution in [2.75, 3.05) is 12.3 Å². The molecule has 2 saturated heterocycles. The summed E-state index contributed by atoms with van der Waals surface area (Å²) >= 11 is 0. The monoisotopic (exact) mass is 558 g/mol. The standard InChI is InChI=1S/C16H15N8O13P/c17-13-10-14(19-4-18-13)21(5-20-10)15-12-11(7(35-15)3-34-38(31,32)33)36-16(37-12)8(23(27)28)1-6(22(25)26)2-9(16)24(29)30/h1-2,4-5,7-8,11-12,15H,3H2,(H2,17,18,19)(H2,31,32,33)/t7-,8?,11-,12-,15-,16?/m1/s1. The number of imidazole rings is 1. The number of nitrogens with zero attached hydrogens (tertiary/aromatic N) is 7. The zero-order chi connectivity index (χ0) is 27.6. The first kappa shape index (κ1) is 25.7. The number of phosphoric ester groups is 1. The van der Waals surface area contributed by atoms with Crippen molar-refractivity contribution in [1.82, 2.24) is 19.5 Å². The number of allylic oxidation sites excluding steroid dienone is 1. The molecule has 3 aliphatic rings. The SMILES string of the molecule is Nc1ncnc2c1ncn2[C@@H]1O[C@H](COP(=O)(O)O)[C@H]2OC3(O[C@H]21)C([N+](=O)[O-])=CC([N+](=O)[O-])=CC3[N+](=O)[O-]. The second kappa shape index (κ2) is 8.80. The molecule has 6 atom stereocenters. The van der Waals surface area contributed by atoms with Gasteiger partial charge in [0, 0.05) is 4.92 Å². The van der Waals surface area contributed by atoms with E-state index < -0.39 is 77.0 Å². The highest BCUT2D eigenvalue weighted by Gasteiger charge is 2.71. The number of fused-ring (bicyclic) bond motifs is 2. The first-order chi connectivity index (χ1) is 17.8. The Morgan fingerprint density at radius 3 is 2.47 bits per heavy atom. The molecule has 2 aromatic rings. The van der Waals surface area contributed by atoms with E-state index in [4.69, 9.17) is 29.7 Å². The van der Waals surface area contributed by atoms with E-state index in [0.29, 0.717) is 12.2 Å². The molecular weight excluding hydrogens is 543 g/mol. The number of anilines is 1. The van der Waals surface area contributed by atoms with Gasteiger partial charge in [-0.05, 0) is 0 Å². The van der Waals surface area contributed by atoms with E-state index in [1.165, 1.54) is 10.9 Å². The first-order valence-corrected chi connectivity index (χ1v) is 11.9. The van der Waals surface area contributed by atoms with Gasteiger partial charge in [-0.3, -0.25) is 39.4 Å². The molecule has 1 aliphatic carbocycles. The molecule has 0 aromatic carbocycles. The van der Waals surface area contributed by atoms with Gasteiger partial charge in [-0.25, -0.2) is 19.5 Å². The Morgan fingerprint density at radius 2 is 1.84 bits per heavy atom. The number of hydrogen-bond donors (Lipinski definition) is 3. The molecular formula is C16H15N8O13P. The molecule has 38 heavy (non-hydrogen) atoms. The van der Waals surface area contributed by atoms with Gasteiger partial charge in [-0.2, -0.15) is 0 Å². The molecule has 21 nitrogen and oxygen atoms in total. The molecule has 4 N–H and O–H groups in total. The lowest BCUT2D eigenvalue weighted by Crippen LogP contribution is -2.53. The zero-order valence-corrected chi connectivity index (χ0v) is 19.3. The normalized spacial score (nSPS) is 30.7. The minimum absolute atomic E-state index is 0.0125. The van der Waals surface area contributed by atoms with Crippen LogP contribution in [0.15, 0.2) is 36.2 Å². The summed E-state index contributed by atoms with van der Waals surface area (Å²) in [4.78, 5) is 62.2. The highest BCUT2D eigenvalue weighted by molar-refractivity contribution is 7.46. The van der Waals surface area contributed by atoms with Crippen LogP contribution in [0.4, 0.5) is 5.82 Å². The van der Waals surface area contributed by atoms with Crippen molar-refractivity contribution < 1.29 is 47.9 Å². The van der Waals surface area contributed by atoms with Crippen molar-refractivity contribution in [2.45, 2.75) is 36.4 Å². The fourth-order valence-corrected chi connectivity index (χ4v) is 4.80. The van der Waals surface area contributed by atoms with Crippen molar-refractivity contribution in [2.24, 2.45) is 0 Å². The van der Waals surface area contributed by atoms with E-state index in [1.54, 1.807) is 0 Å². The molecule has 5 rings (SSSR count). The van der Waals surface area contributed by atoms with Crippen molar-refractivity contribution in [3.05, 3.63) is 66.5 Å². The molecule has 2 fully saturated rings. The summed E-state index contributed by atoms with van der Waals surface area (Å²) < 4.78 is 34.5. The quantitative estimate of drug-likeness (QED) is 0.206. The first-order valence-electron chi connectivity index (χ1n) is 10.3. The molecule has 0 bridgehead atoms. The minimum atomic E-state index is -5.04. The second-order valence-electron chi connectivity index (χ2n) is 8.13. The average molecular weight is 558 g/mol. The molecule has 2 aliphatic heterocycles. The number of nitrogens with two attached hydrogens (primary N) is 1. The summed E-state index contributed by atoms with van der Waals surface area (Å²) in [6.07, 6.45) is -2.33. The number of ether oxygens (including phenoxy) is 3. The van der Waals surface area contributed by atoms with E-state index in [2.05, 4.69) is 19.5 Å². The van der Waals surface area contributed by atoms with Crippen LogP contribution in [0.25, 0.3) is 11.2 Å². The molecule has 4 heterocycles. The predicted molar refractivity (Wildman–Crippen MR) is 115 cm³/mol. The van der Waals surface area contributed by atoms with Crippen molar-refractivity contribution in [1.29, 1.82) is 0 Å². The highest BCUT2D eigenvalue weighted by atomic mass is 31.2. The molecule has 0 radical (unpaired) electrons. The Balaban J connectivity index is 1.61. The maximum absolute atomic E-state index is 12.0. The van der Waals surface area contributed by atoms with Gasteiger partial charge in [-0.15, -0.1) is 0 Å². The minimum Gasteiger partial charge on any atom is -0.382 e. The smallest absolute Gasteiger partial charge is 0.382 e. The van der Waals surface area contributed by atoms with Crippen LogP contribution in [0, 0.1) is 30.3 Å². The predicted octanol–water partition coefficient (Wildman–Crippen LogP) is -1.12. The summed E-state index contributed by atoms with van der Waals surface area (Å²) in [7, 11) is -5.04. The summed E-state index contributed by atoms with van der Waals surface area (Å²) in [5, 5.41) is 35.2. The average Bonchev–Trinajstić information content (AvgIpc) is 3.50. The van der Waals surface area contributed by atoms with E-state index in [0.717, 1.165) is 6.33 Å². The molecule has 0 saturated carbocycles. The maximum Gasteiger partial charge on any atom is 0.469 e. The topological polar surface area (TPSA) is 293 Å². The Labute approximate surface area is 208 Å². The van der Waals surface area contributed by atoms with E-state index in [-0.39, 0.29) is 17.0 Å². The van der Waals surface area contributed by atoms with Gasteiger partial charge in [0.05, 0.1) is 34.9 Å². The Bertz CT molecular complexity index is 1470. The number of rotatable bonds is 7. The summed E-state index contributed by atoms with van der Waals surface area (Å²) in [5.74, 6) is -2.80. The maximum atomic E-state index is 12.0. The van der Waals surface area contributed by atoms with Crippen LogP contribution in [0.1, 0.15) is 6.23 Å². The summed E-state index contributed by atoms with van der Waals surface area (Å²) in [6.45, 7) is -0.832. The van der Waals surface area contributed by atoms with Gasteiger partial charge in [0.25, 0.3) is 5.70 Å². The van der Waals surface area contributed by atoms with Crippen molar-refractivity contribution >= 4 is 24.8 Å². The van der Waals surface area contributed by atoms with E-state index in [1.807, 2.05) is 0 Å². The largest absolute Gasteiger partial charge is 0.469 e. The van der Waals surface area contributed by atoms with E-state index in [9.17, 15) is 34.9 Å². The summed E-state index contributed by atoms with van der Waals surface area (Å²) in [5.41, 5.74) is 3.95. The van der Waals surface area contributed by atoms with Crippen LogP contribution < -0.4 is 5.73 Å². The van der Waals surface area contributed by atoms with Gasteiger partial charge in [-0.1, -0.05) is 0 Å². The third-order valence-electron chi connectivity index (χ3n) is 5.97. The molecule has 0 amide bonds. The highest BCUT2D eigenvalue weighted by Crippen LogP contribution is 2.51. The van der Waals surface area contributed by atoms with Crippen LogP contribution >= 0.6 is 7.82 Å². The van der Waals surface area contributed by atoms with Gasteiger partial charge in [0.15, 0.2) is 17.7 Å². The lowest BCUT2D eigenvalue weighted by atomic mass is 9.96. The van der Waals surface area contributed by atoms with Crippen LogP contribution in [0.3, 0.4) is 0 Å². The van der Waals surface area contributed by atoms with Crippen molar-refractivity contribution in [3.8, 4) is 0 Å². The third kappa shape index (κ3) is 4.07. The van der Waals surface area contributed by atoms with Gasteiger partial charge < -0.3 is 29.7 Å². The molecule has 2 unspecified atom stereocenters. The molecule has 2 aromatic heterocycles. The van der Waals surface area contributed by atoms with Crippen LogP contribution in [-0.4, -0.2) is 80.8 Å². The third-order valence-corrected chi connectivity index (χ3v) is 6.46. The van der Waals surface area contributed by atoms with Crippen molar-refractivity contribution in [3.63, 3.8) is 0 Å². The summed E-state index contributed by atoms with van der Waals surface area (Å²) in [6, 6.07) is -2.26. The lowest BCUT2D eigenvalue weighted by molar-refractivity contribution is -0.569.